The Morgan fingerprint density at radius 3 is 2.57 bits per heavy atom. The molecule has 11 heteroatoms. The number of hydrogen-bond donors (Lipinski definition) is 1. The lowest BCUT2D eigenvalue weighted by molar-refractivity contribution is -0.386. The third-order valence-electron chi connectivity index (χ3n) is 5.61. The van der Waals surface area contributed by atoms with Crippen LogP contribution in [-0.2, 0) is 6.67 Å². The summed E-state index contributed by atoms with van der Waals surface area (Å²) in [6, 6.07) is 15.3. The number of aromatic nitrogens is 5. The van der Waals surface area contributed by atoms with Crippen molar-refractivity contribution < 1.29 is 9.72 Å². The Bertz CT molecular complexity index is 1580. The number of nitro groups is 1. The normalized spacial score (nSPS) is 11.2. The third kappa shape index (κ3) is 4.41. The molecule has 1 amide bonds. The molecule has 5 rings (SSSR count). The molecule has 0 saturated heterocycles. The second kappa shape index (κ2) is 8.76. The second-order valence-corrected chi connectivity index (χ2v) is 9.21. The molecule has 0 saturated carbocycles. The number of nitrogens with zero attached hydrogens (tertiary/aromatic N) is 6. The van der Waals surface area contributed by atoms with E-state index in [2.05, 4.69) is 28.5 Å². The van der Waals surface area contributed by atoms with Crippen LogP contribution in [-0.4, -0.2) is 35.4 Å². The van der Waals surface area contributed by atoms with E-state index in [1.165, 1.54) is 14.9 Å². The minimum atomic E-state index is -0.445. The Morgan fingerprint density at radius 1 is 1.09 bits per heavy atom. The van der Waals surface area contributed by atoms with Crippen molar-refractivity contribution in [3.63, 3.8) is 0 Å². The van der Waals surface area contributed by atoms with Crippen molar-refractivity contribution >= 4 is 38.8 Å². The molecule has 1 N–H and O–H groups in total. The Labute approximate surface area is 204 Å². The first-order chi connectivity index (χ1) is 16.8. The van der Waals surface area contributed by atoms with Gasteiger partial charge in [-0.2, -0.15) is 10.2 Å². The zero-order chi connectivity index (χ0) is 24.7. The fourth-order valence-corrected chi connectivity index (χ4v) is 4.90. The summed E-state index contributed by atoms with van der Waals surface area (Å²) in [6.45, 7) is 5.44. The summed E-state index contributed by atoms with van der Waals surface area (Å²) >= 11 is 1.63. The molecule has 0 aliphatic heterocycles. The molecule has 0 spiro atoms. The van der Waals surface area contributed by atoms with Gasteiger partial charge in [0.25, 0.3) is 5.91 Å². The molecule has 176 valence electrons. The zero-order valence-electron chi connectivity index (χ0n) is 19.2. The van der Waals surface area contributed by atoms with Crippen LogP contribution in [0, 0.1) is 30.9 Å². The van der Waals surface area contributed by atoms with Gasteiger partial charge >= 0.3 is 5.69 Å². The maximum absolute atomic E-state index is 12.7. The molecule has 0 unspecified atom stereocenters. The van der Waals surface area contributed by atoms with Crippen LogP contribution in [0.2, 0.25) is 0 Å². The number of amides is 1. The van der Waals surface area contributed by atoms with E-state index in [9.17, 15) is 14.9 Å². The Hall–Kier alpha value is -4.38. The molecule has 5 aromatic rings. The van der Waals surface area contributed by atoms with Gasteiger partial charge in [0.15, 0.2) is 5.69 Å². The highest BCUT2D eigenvalue weighted by Gasteiger charge is 2.22. The highest BCUT2D eigenvalue weighted by molar-refractivity contribution is 7.21. The zero-order valence-corrected chi connectivity index (χ0v) is 20.0. The van der Waals surface area contributed by atoms with Crippen LogP contribution in [0.25, 0.3) is 20.8 Å². The van der Waals surface area contributed by atoms with Gasteiger partial charge in [0.2, 0.25) is 0 Å². The molecular formula is C24H21N7O3S. The largest absolute Gasteiger partial charge is 0.321 e. The summed E-state index contributed by atoms with van der Waals surface area (Å²) in [6.07, 6.45) is 1.63. The number of rotatable bonds is 6. The highest BCUT2D eigenvalue weighted by atomic mass is 32.1. The lowest BCUT2D eigenvalue weighted by Gasteiger charge is -2.05. The maximum atomic E-state index is 12.7. The molecule has 0 fully saturated rings. The monoisotopic (exact) mass is 487 g/mol. The Morgan fingerprint density at radius 2 is 1.86 bits per heavy atom. The lowest BCUT2D eigenvalue weighted by atomic mass is 10.2. The van der Waals surface area contributed by atoms with Crippen molar-refractivity contribution in [2.45, 2.75) is 27.4 Å². The second-order valence-electron chi connectivity index (χ2n) is 8.18. The molecule has 3 aromatic heterocycles. The molecule has 0 aliphatic rings. The number of hydrogen-bond acceptors (Lipinski definition) is 7. The minimum Gasteiger partial charge on any atom is -0.321 e. The van der Waals surface area contributed by atoms with Crippen LogP contribution in [0.4, 0.5) is 11.4 Å². The predicted molar refractivity (Wildman–Crippen MR) is 134 cm³/mol. The van der Waals surface area contributed by atoms with Crippen molar-refractivity contribution in [3.8, 4) is 10.6 Å². The number of fused-ring (bicyclic) bond motifs is 1. The van der Waals surface area contributed by atoms with Gasteiger partial charge < -0.3 is 5.32 Å². The van der Waals surface area contributed by atoms with Gasteiger partial charge in [-0.25, -0.2) is 9.67 Å². The topological polar surface area (TPSA) is 121 Å². The molecule has 0 atom stereocenters. The van der Waals surface area contributed by atoms with Crippen molar-refractivity contribution in [2.24, 2.45) is 0 Å². The molecule has 0 radical (unpaired) electrons. The van der Waals surface area contributed by atoms with E-state index in [0.717, 1.165) is 20.8 Å². The van der Waals surface area contributed by atoms with E-state index in [-0.39, 0.29) is 24.0 Å². The average molecular weight is 488 g/mol. The fourth-order valence-electron chi connectivity index (χ4n) is 3.83. The quantitative estimate of drug-likeness (QED) is 0.267. The fraction of sp³-hybridized carbons (Fsp3) is 0.167. The van der Waals surface area contributed by atoms with Crippen molar-refractivity contribution in [1.82, 2.24) is 24.5 Å². The Kier molecular flexibility index (Phi) is 5.61. The van der Waals surface area contributed by atoms with Gasteiger partial charge in [0, 0.05) is 17.4 Å². The summed E-state index contributed by atoms with van der Waals surface area (Å²) in [5.74, 6) is -0.355. The molecule has 0 bridgehead atoms. The number of carbonyl (C=O) groups is 1. The molecule has 0 aliphatic carbocycles. The molecule has 3 heterocycles. The molecular weight excluding hydrogens is 466 g/mol. The van der Waals surface area contributed by atoms with Crippen LogP contribution in [0.1, 0.15) is 27.4 Å². The van der Waals surface area contributed by atoms with E-state index in [1.807, 2.05) is 36.4 Å². The number of carbonyl (C=O) groups excluding carboxylic acids is 1. The number of aryl methyl sites for hydroxylation is 2. The van der Waals surface area contributed by atoms with Gasteiger partial charge in [-0.15, -0.1) is 11.3 Å². The number of anilines is 1. The first-order valence-electron chi connectivity index (χ1n) is 10.8. The Balaban J connectivity index is 1.27. The first-order valence-corrected chi connectivity index (χ1v) is 11.6. The van der Waals surface area contributed by atoms with Crippen molar-refractivity contribution in [3.05, 3.63) is 87.5 Å². The lowest BCUT2D eigenvalue weighted by Crippen LogP contribution is -2.15. The van der Waals surface area contributed by atoms with Gasteiger partial charge in [-0.1, -0.05) is 6.07 Å². The number of benzene rings is 2. The number of nitrogens with one attached hydrogen (secondary N) is 1. The van der Waals surface area contributed by atoms with Crippen LogP contribution in [0.5, 0.6) is 0 Å². The van der Waals surface area contributed by atoms with Crippen LogP contribution in [0.3, 0.4) is 0 Å². The average Bonchev–Trinajstić information content (AvgIpc) is 3.52. The SMILES string of the molecule is Cc1ccc2nc(-c3ccc(NC(=O)c4ccn(Cn5nc(C)c([N+](=O)[O-])c5C)n4)cc3)sc2c1. The summed E-state index contributed by atoms with van der Waals surface area (Å²) in [7, 11) is 0. The van der Waals surface area contributed by atoms with Crippen molar-refractivity contribution in [1.29, 1.82) is 0 Å². The van der Waals surface area contributed by atoms with Gasteiger partial charge in [-0.05, 0) is 68.8 Å². The van der Waals surface area contributed by atoms with E-state index < -0.39 is 4.92 Å². The summed E-state index contributed by atoms with van der Waals surface area (Å²) in [4.78, 5) is 28.1. The molecule has 10 nitrogen and oxygen atoms in total. The maximum Gasteiger partial charge on any atom is 0.312 e. The predicted octanol–water partition coefficient (Wildman–Crippen LogP) is 4.95. The van der Waals surface area contributed by atoms with Crippen LogP contribution >= 0.6 is 11.3 Å². The van der Waals surface area contributed by atoms with E-state index in [1.54, 1.807) is 37.4 Å². The number of thiazole rings is 1. The molecule has 2 aromatic carbocycles. The van der Waals surface area contributed by atoms with Crippen molar-refractivity contribution in [2.75, 3.05) is 5.32 Å². The smallest absolute Gasteiger partial charge is 0.312 e. The van der Waals surface area contributed by atoms with Gasteiger partial charge in [0.05, 0.1) is 15.1 Å². The highest BCUT2D eigenvalue weighted by Crippen LogP contribution is 2.31. The minimum absolute atomic E-state index is 0.0143. The molecule has 35 heavy (non-hydrogen) atoms. The third-order valence-corrected chi connectivity index (χ3v) is 6.68. The van der Waals surface area contributed by atoms with Crippen LogP contribution < -0.4 is 5.32 Å². The van der Waals surface area contributed by atoms with E-state index >= 15 is 0 Å². The van der Waals surface area contributed by atoms with E-state index in [4.69, 9.17) is 4.98 Å². The van der Waals surface area contributed by atoms with E-state index in [0.29, 0.717) is 17.1 Å². The van der Waals surface area contributed by atoms with Gasteiger partial charge in [-0.3, -0.25) is 19.6 Å². The summed E-state index contributed by atoms with van der Waals surface area (Å²) < 4.78 is 4.14. The summed E-state index contributed by atoms with van der Waals surface area (Å²) in [5, 5.41) is 23.5. The van der Waals surface area contributed by atoms with Crippen LogP contribution in [0.15, 0.2) is 54.7 Å². The van der Waals surface area contributed by atoms with Gasteiger partial charge in [0.1, 0.15) is 23.1 Å². The summed E-state index contributed by atoms with van der Waals surface area (Å²) in [5.41, 5.74) is 4.76. The first kappa shape index (κ1) is 22.4. The standard InChI is InChI=1S/C24H21N7O3S/c1-14-4-9-19-21(12-14)35-24(26-19)17-5-7-18(8-6-17)25-23(32)20-10-11-29(28-20)13-30-16(3)22(31(33)34)15(2)27-30/h4-12H,13H2,1-3H3,(H,25,32).